The highest BCUT2D eigenvalue weighted by Gasteiger charge is 2.68. The molecule has 4 heteroatoms. The highest BCUT2D eigenvalue weighted by atomic mass is 35.5. The molecule has 3 aliphatic carbocycles. The van der Waals surface area contributed by atoms with Crippen molar-refractivity contribution in [3.05, 3.63) is 0 Å². The molecule has 2 bridgehead atoms. The molecule has 18 heavy (non-hydrogen) atoms. The Morgan fingerprint density at radius 1 is 1.22 bits per heavy atom. The highest BCUT2D eigenvalue weighted by molar-refractivity contribution is 6.60. The van der Waals surface area contributed by atoms with Gasteiger partial charge in [0, 0.05) is 0 Å². The van der Waals surface area contributed by atoms with Crippen LogP contribution in [0.3, 0.4) is 0 Å². The summed E-state index contributed by atoms with van der Waals surface area (Å²) in [7, 11) is -0.225. The molecule has 1 saturated heterocycles. The molecule has 5 atom stereocenters. The Labute approximate surface area is 116 Å². The van der Waals surface area contributed by atoms with E-state index < -0.39 is 0 Å². The lowest BCUT2D eigenvalue weighted by Gasteiger charge is -2.64. The summed E-state index contributed by atoms with van der Waals surface area (Å²) in [6.07, 6.45) is 2.68. The lowest BCUT2D eigenvalue weighted by atomic mass is 9.43. The van der Waals surface area contributed by atoms with Crippen molar-refractivity contribution >= 4 is 18.7 Å². The van der Waals surface area contributed by atoms with Gasteiger partial charge in [-0.2, -0.15) is 0 Å². The Morgan fingerprint density at radius 2 is 1.89 bits per heavy atom. The predicted octanol–water partition coefficient (Wildman–Crippen LogP) is 3.52. The number of hydrogen-bond donors (Lipinski definition) is 0. The first-order chi connectivity index (χ1) is 8.26. The van der Waals surface area contributed by atoms with Crippen LogP contribution in [-0.4, -0.2) is 24.1 Å². The van der Waals surface area contributed by atoms with Gasteiger partial charge in [0.1, 0.15) is 0 Å². The fourth-order valence-electron chi connectivity index (χ4n) is 4.35. The van der Waals surface area contributed by atoms with E-state index in [-0.39, 0.29) is 24.1 Å². The van der Waals surface area contributed by atoms with Gasteiger partial charge in [0.15, 0.2) is 0 Å². The maximum atomic E-state index is 6.43. The van der Waals surface area contributed by atoms with Gasteiger partial charge in [0.05, 0.1) is 17.0 Å². The van der Waals surface area contributed by atoms with Gasteiger partial charge in [-0.3, -0.25) is 0 Å². The number of rotatable bonds is 2. The lowest BCUT2D eigenvalue weighted by molar-refractivity contribution is -0.199. The van der Waals surface area contributed by atoms with E-state index in [2.05, 4.69) is 34.6 Å². The van der Waals surface area contributed by atoms with Crippen LogP contribution in [0.15, 0.2) is 0 Å². The molecule has 4 rings (SSSR count). The third kappa shape index (κ3) is 1.56. The van der Waals surface area contributed by atoms with Crippen molar-refractivity contribution in [2.24, 2.45) is 23.2 Å². The molecule has 0 radical (unpaired) electrons. The van der Waals surface area contributed by atoms with Crippen LogP contribution in [0.5, 0.6) is 0 Å². The fourth-order valence-corrected chi connectivity index (χ4v) is 4.46. The minimum absolute atomic E-state index is 0.0484. The Bertz CT molecular complexity index is 360. The minimum Gasteiger partial charge on any atom is -0.404 e. The maximum Gasteiger partial charge on any atom is 0.477 e. The van der Waals surface area contributed by atoms with Gasteiger partial charge in [-0.05, 0) is 42.9 Å². The van der Waals surface area contributed by atoms with E-state index in [4.69, 9.17) is 20.9 Å². The monoisotopic (exact) mass is 270 g/mol. The Kier molecular flexibility index (Phi) is 2.87. The summed E-state index contributed by atoms with van der Waals surface area (Å²) < 4.78 is 12.4. The average molecular weight is 271 g/mol. The molecule has 0 aromatic heterocycles. The molecular formula is C14H24BClO2. The largest absolute Gasteiger partial charge is 0.477 e. The van der Waals surface area contributed by atoms with Gasteiger partial charge >= 0.3 is 7.12 Å². The first-order valence-electron chi connectivity index (χ1n) is 7.24. The highest BCUT2D eigenvalue weighted by Crippen LogP contribution is 2.65. The Morgan fingerprint density at radius 3 is 2.44 bits per heavy atom. The summed E-state index contributed by atoms with van der Waals surface area (Å²) in [5.41, 5.74) is 0.286. The van der Waals surface area contributed by atoms with Crippen LogP contribution in [-0.2, 0) is 9.31 Å². The predicted molar refractivity (Wildman–Crippen MR) is 74.6 cm³/mol. The molecule has 3 saturated carbocycles. The third-order valence-corrected chi connectivity index (χ3v) is 6.58. The van der Waals surface area contributed by atoms with Crippen LogP contribution < -0.4 is 0 Å². The molecule has 0 spiro atoms. The SMILES string of the molecule is CC(C)[C@@H](Cl)B1O[C@@H]2C[C@@H]3C[C@@H](C3(C)C)[C@]2(C)O1. The number of alkyl halides is 1. The number of halogens is 1. The first-order valence-corrected chi connectivity index (χ1v) is 7.67. The van der Waals surface area contributed by atoms with Crippen molar-refractivity contribution in [2.75, 3.05) is 0 Å². The van der Waals surface area contributed by atoms with Crippen LogP contribution in [0, 0.1) is 23.2 Å². The first kappa shape index (κ1) is 13.3. The second-order valence-corrected chi connectivity index (χ2v) is 8.03. The van der Waals surface area contributed by atoms with E-state index in [1.54, 1.807) is 0 Å². The molecule has 0 aromatic rings. The van der Waals surface area contributed by atoms with Crippen LogP contribution in [0.4, 0.5) is 0 Å². The fraction of sp³-hybridized carbons (Fsp3) is 1.00. The molecule has 0 N–H and O–H groups in total. The summed E-state index contributed by atoms with van der Waals surface area (Å²) in [5.74, 6) is 1.80. The van der Waals surface area contributed by atoms with Crippen molar-refractivity contribution in [2.45, 2.75) is 64.4 Å². The summed E-state index contributed by atoms with van der Waals surface area (Å²) in [4.78, 5) is 0. The molecular weight excluding hydrogens is 246 g/mol. The third-order valence-electron chi connectivity index (χ3n) is 5.87. The molecule has 0 amide bonds. The van der Waals surface area contributed by atoms with Gasteiger partial charge in [-0.15, -0.1) is 11.6 Å². The summed E-state index contributed by atoms with van der Waals surface area (Å²) >= 11 is 6.43. The zero-order valence-electron chi connectivity index (χ0n) is 12.1. The van der Waals surface area contributed by atoms with Crippen LogP contribution in [0.2, 0.25) is 0 Å². The lowest BCUT2D eigenvalue weighted by Crippen LogP contribution is -2.65. The van der Waals surface area contributed by atoms with Gasteiger partial charge < -0.3 is 9.31 Å². The second kappa shape index (κ2) is 3.89. The minimum atomic E-state index is -0.225. The second-order valence-electron chi connectivity index (χ2n) is 7.53. The van der Waals surface area contributed by atoms with Gasteiger partial charge in [0.25, 0.3) is 0 Å². The van der Waals surface area contributed by atoms with Crippen molar-refractivity contribution in [1.82, 2.24) is 0 Å². The van der Waals surface area contributed by atoms with Crippen molar-refractivity contribution < 1.29 is 9.31 Å². The molecule has 4 fully saturated rings. The quantitative estimate of drug-likeness (QED) is 0.565. The standard InChI is InChI=1S/C14H24BClO2/c1-8(2)12(16)15-17-11-7-9-6-10(13(9,3)4)14(11,5)18-15/h8-12H,6-7H2,1-5H3/t9-,10-,11+,12+,14-/m0/s1. The van der Waals surface area contributed by atoms with E-state index in [0.29, 0.717) is 17.3 Å². The zero-order valence-corrected chi connectivity index (χ0v) is 12.8. The topological polar surface area (TPSA) is 18.5 Å². The van der Waals surface area contributed by atoms with E-state index in [1.807, 2.05) is 0 Å². The van der Waals surface area contributed by atoms with Crippen LogP contribution >= 0.6 is 11.6 Å². The molecule has 1 heterocycles. The molecule has 2 nitrogen and oxygen atoms in total. The average Bonchev–Trinajstić information content (AvgIpc) is 2.63. The summed E-state index contributed by atoms with van der Waals surface area (Å²) in [6, 6.07) is 0. The smallest absolute Gasteiger partial charge is 0.404 e. The van der Waals surface area contributed by atoms with E-state index in [9.17, 15) is 0 Å². The molecule has 1 aliphatic heterocycles. The van der Waals surface area contributed by atoms with E-state index in [1.165, 1.54) is 6.42 Å². The molecule has 0 aromatic carbocycles. The Balaban J connectivity index is 1.81. The van der Waals surface area contributed by atoms with Gasteiger partial charge in [-0.25, -0.2) is 0 Å². The van der Waals surface area contributed by atoms with Crippen molar-refractivity contribution in [3.63, 3.8) is 0 Å². The Hall–Kier alpha value is 0.275. The molecule has 0 unspecified atom stereocenters. The maximum absolute atomic E-state index is 6.43. The van der Waals surface area contributed by atoms with E-state index >= 15 is 0 Å². The summed E-state index contributed by atoms with van der Waals surface area (Å²) in [6.45, 7) is 11.2. The van der Waals surface area contributed by atoms with E-state index in [0.717, 1.165) is 12.3 Å². The molecule has 102 valence electrons. The van der Waals surface area contributed by atoms with Crippen LogP contribution in [0.1, 0.15) is 47.5 Å². The van der Waals surface area contributed by atoms with Gasteiger partial charge in [0.2, 0.25) is 0 Å². The van der Waals surface area contributed by atoms with Crippen molar-refractivity contribution in [3.8, 4) is 0 Å². The van der Waals surface area contributed by atoms with Gasteiger partial charge in [-0.1, -0.05) is 27.7 Å². The number of hydrogen-bond acceptors (Lipinski definition) is 2. The van der Waals surface area contributed by atoms with Crippen LogP contribution in [0.25, 0.3) is 0 Å². The summed E-state index contributed by atoms with van der Waals surface area (Å²) in [5, 5.41) is -0.0484. The molecule has 4 aliphatic rings. The normalized spacial score (nSPS) is 46.8. The van der Waals surface area contributed by atoms with Crippen molar-refractivity contribution in [1.29, 1.82) is 0 Å². The zero-order chi connectivity index (χ0) is 13.3.